The highest BCUT2D eigenvalue weighted by Gasteiger charge is 2.10. The van der Waals surface area contributed by atoms with E-state index in [1.165, 1.54) is 6.07 Å². The maximum atomic E-state index is 12.9. The van der Waals surface area contributed by atoms with Crippen LogP contribution in [0.1, 0.15) is 21.5 Å². The van der Waals surface area contributed by atoms with Crippen molar-refractivity contribution in [2.45, 2.75) is 6.92 Å². The van der Waals surface area contributed by atoms with Gasteiger partial charge in [0.15, 0.2) is 11.6 Å². The van der Waals surface area contributed by atoms with Crippen LogP contribution in [0.4, 0.5) is 10.1 Å². The fraction of sp³-hybridized carbons (Fsp3) is 0.0625. The molecule has 2 aromatic carbocycles. The minimum atomic E-state index is -0.772. The Balaban J connectivity index is 2.23. The predicted molar refractivity (Wildman–Crippen MR) is 75.1 cm³/mol. The van der Waals surface area contributed by atoms with Crippen molar-refractivity contribution in [3.05, 3.63) is 58.9 Å². The molecule has 0 saturated carbocycles. The van der Waals surface area contributed by atoms with Crippen LogP contribution in [0.25, 0.3) is 0 Å². The smallest absolute Gasteiger partial charge is 0.255 e. The average molecular weight is 269 g/mol. The number of nitrogens with one attached hydrogen (secondary N) is 1. The molecule has 2 aromatic rings. The number of hydrogen-bond acceptors (Lipinski definition) is 2. The van der Waals surface area contributed by atoms with Gasteiger partial charge >= 0.3 is 0 Å². The third kappa shape index (κ3) is 2.78. The van der Waals surface area contributed by atoms with Crippen molar-refractivity contribution in [2.24, 2.45) is 0 Å². The number of aromatic hydroxyl groups is 1. The molecule has 1 amide bonds. The molecule has 0 saturated heterocycles. The highest BCUT2D eigenvalue weighted by Crippen LogP contribution is 2.19. The van der Waals surface area contributed by atoms with E-state index in [9.17, 15) is 14.3 Å². The number of hydrogen-bond donors (Lipinski definition) is 2. The first-order chi connectivity index (χ1) is 9.51. The van der Waals surface area contributed by atoms with Gasteiger partial charge in [-0.3, -0.25) is 4.79 Å². The van der Waals surface area contributed by atoms with Crippen LogP contribution in [0.5, 0.6) is 5.75 Å². The summed E-state index contributed by atoms with van der Waals surface area (Å²) in [6.45, 7) is 1.87. The molecular formula is C16H12FNO2. The summed E-state index contributed by atoms with van der Waals surface area (Å²) in [5.74, 6) is 0.737. The van der Waals surface area contributed by atoms with Crippen LogP contribution in [0.15, 0.2) is 36.4 Å². The Kier molecular flexibility index (Phi) is 3.72. The van der Waals surface area contributed by atoms with Gasteiger partial charge in [-0.05, 0) is 42.8 Å². The number of carbonyl (C=O) groups is 1. The molecule has 0 spiro atoms. The van der Waals surface area contributed by atoms with Gasteiger partial charge in [-0.2, -0.15) is 0 Å². The molecule has 0 fully saturated rings. The lowest BCUT2D eigenvalue weighted by Crippen LogP contribution is -2.12. The summed E-state index contributed by atoms with van der Waals surface area (Å²) in [5, 5.41) is 11.9. The van der Waals surface area contributed by atoms with Gasteiger partial charge in [0.2, 0.25) is 0 Å². The molecule has 4 heteroatoms. The summed E-state index contributed by atoms with van der Waals surface area (Å²) >= 11 is 0. The topological polar surface area (TPSA) is 49.3 Å². The lowest BCUT2D eigenvalue weighted by atomic mass is 10.1. The molecule has 0 aliphatic carbocycles. The van der Waals surface area contributed by atoms with Gasteiger partial charge in [0.05, 0.1) is 0 Å². The molecule has 0 unspecified atom stereocenters. The largest absolute Gasteiger partial charge is 0.505 e. The Labute approximate surface area is 116 Å². The van der Waals surface area contributed by atoms with Gasteiger partial charge in [0, 0.05) is 16.8 Å². The zero-order chi connectivity index (χ0) is 14.7. The highest BCUT2D eigenvalue weighted by molar-refractivity contribution is 6.04. The molecule has 100 valence electrons. The number of amides is 1. The van der Waals surface area contributed by atoms with E-state index in [1.54, 1.807) is 18.2 Å². The third-order valence-corrected chi connectivity index (χ3v) is 2.86. The first kappa shape index (κ1) is 13.6. The molecule has 0 aromatic heterocycles. The normalized spacial score (nSPS) is 9.85. The van der Waals surface area contributed by atoms with Crippen LogP contribution >= 0.6 is 0 Å². The number of phenolic OH excluding ortho intramolecular Hbond substituents is 1. The minimum Gasteiger partial charge on any atom is -0.505 e. The van der Waals surface area contributed by atoms with Gasteiger partial charge in [-0.15, -0.1) is 6.42 Å². The van der Waals surface area contributed by atoms with Crippen LogP contribution in [-0.4, -0.2) is 11.0 Å². The molecule has 0 atom stereocenters. The molecule has 3 nitrogen and oxygen atoms in total. The Hall–Kier alpha value is -2.80. The SMILES string of the molecule is C#Cc1cc(NC(=O)c2ccc(F)c(O)c2)ccc1C. The second kappa shape index (κ2) is 5.45. The second-order valence-corrected chi connectivity index (χ2v) is 4.29. The van der Waals surface area contributed by atoms with Crippen LogP contribution in [-0.2, 0) is 0 Å². The number of terminal acetylenes is 1. The van der Waals surface area contributed by atoms with E-state index < -0.39 is 17.5 Å². The van der Waals surface area contributed by atoms with Crippen molar-refractivity contribution in [2.75, 3.05) is 5.32 Å². The zero-order valence-electron chi connectivity index (χ0n) is 10.8. The first-order valence-electron chi connectivity index (χ1n) is 5.88. The lowest BCUT2D eigenvalue weighted by molar-refractivity contribution is 0.102. The summed E-state index contributed by atoms with van der Waals surface area (Å²) in [7, 11) is 0. The van der Waals surface area contributed by atoms with Gasteiger partial charge in [-0.1, -0.05) is 12.0 Å². The van der Waals surface area contributed by atoms with E-state index in [2.05, 4.69) is 11.2 Å². The number of halogens is 1. The summed E-state index contributed by atoms with van der Waals surface area (Å²) in [4.78, 5) is 12.0. The van der Waals surface area contributed by atoms with Crippen molar-refractivity contribution >= 4 is 11.6 Å². The van der Waals surface area contributed by atoms with Gasteiger partial charge < -0.3 is 10.4 Å². The van der Waals surface area contributed by atoms with E-state index in [0.717, 1.165) is 17.7 Å². The predicted octanol–water partition coefficient (Wildman–Crippen LogP) is 3.07. The number of benzene rings is 2. The van der Waals surface area contributed by atoms with E-state index in [1.807, 2.05) is 6.92 Å². The summed E-state index contributed by atoms with van der Waals surface area (Å²) in [6.07, 6.45) is 5.36. The summed E-state index contributed by atoms with van der Waals surface area (Å²) < 4.78 is 12.9. The fourth-order valence-corrected chi connectivity index (χ4v) is 1.71. The summed E-state index contributed by atoms with van der Waals surface area (Å²) in [6, 6.07) is 8.59. The molecule has 0 aliphatic rings. The van der Waals surface area contributed by atoms with Gasteiger partial charge in [0.1, 0.15) is 0 Å². The number of phenols is 1. The number of aryl methyl sites for hydroxylation is 1. The standard InChI is InChI=1S/C16H12FNO2/c1-3-11-8-13(6-4-10(11)2)18-16(20)12-5-7-14(17)15(19)9-12/h1,4-9,19H,2H3,(H,18,20). The van der Waals surface area contributed by atoms with Crippen molar-refractivity contribution in [3.8, 4) is 18.1 Å². The van der Waals surface area contributed by atoms with E-state index >= 15 is 0 Å². The molecule has 20 heavy (non-hydrogen) atoms. The Morgan fingerprint density at radius 2 is 2.05 bits per heavy atom. The Bertz CT molecular complexity index is 717. The Morgan fingerprint density at radius 3 is 2.70 bits per heavy atom. The van der Waals surface area contributed by atoms with Crippen LogP contribution in [0.3, 0.4) is 0 Å². The van der Waals surface area contributed by atoms with Crippen LogP contribution in [0.2, 0.25) is 0 Å². The first-order valence-corrected chi connectivity index (χ1v) is 5.88. The van der Waals surface area contributed by atoms with Gasteiger partial charge in [0.25, 0.3) is 5.91 Å². The zero-order valence-corrected chi connectivity index (χ0v) is 10.8. The van der Waals surface area contributed by atoms with Crippen LogP contribution in [0, 0.1) is 25.1 Å². The molecule has 0 heterocycles. The number of anilines is 1. The molecule has 0 bridgehead atoms. The quantitative estimate of drug-likeness (QED) is 0.823. The molecule has 2 N–H and O–H groups in total. The van der Waals surface area contributed by atoms with E-state index in [0.29, 0.717) is 11.3 Å². The van der Waals surface area contributed by atoms with Crippen molar-refractivity contribution < 1.29 is 14.3 Å². The minimum absolute atomic E-state index is 0.159. The van der Waals surface area contributed by atoms with Crippen molar-refractivity contribution in [3.63, 3.8) is 0 Å². The number of rotatable bonds is 2. The molecular weight excluding hydrogens is 257 g/mol. The van der Waals surface area contributed by atoms with Gasteiger partial charge in [-0.25, -0.2) is 4.39 Å². The summed E-state index contributed by atoms with van der Waals surface area (Å²) in [5.41, 5.74) is 2.32. The van der Waals surface area contributed by atoms with Crippen molar-refractivity contribution in [1.29, 1.82) is 0 Å². The van der Waals surface area contributed by atoms with Crippen molar-refractivity contribution in [1.82, 2.24) is 0 Å². The third-order valence-electron chi connectivity index (χ3n) is 2.86. The van der Waals surface area contributed by atoms with E-state index in [4.69, 9.17) is 6.42 Å². The maximum absolute atomic E-state index is 12.9. The second-order valence-electron chi connectivity index (χ2n) is 4.29. The van der Waals surface area contributed by atoms with Crippen LogP contribution < -0.4 is 5.32 Å². The Morgan fingerprint density at radius 1 is 1.30 bits per heavy atom. The molecule has 2 rings (SSSR count). The monoisotopic (exact) mass is 269 g/mol. The maximum Gasteiger partial charge on any atom is 0.255 e. The molecule has 0 aliphatic heterocycles. The average Bonchev–Trinajstić information content (AvgIpc) is 2.43. The lowest BCUT2D eigenvalue weighted by Gasteiger charge is -2.07. The molecule has 0 radical (unpaired) electrons. The van der Waals surface area contributed by atoms with E-state index in [-0.39, 0.29) is 5.56 Å². The highest BCUT2D eigenvalue weighted by atomic mass is 19.1. The number of carbonyl (C=O) groups excluding carboxylic acids is 1. The fourth-order valence-electron chi connectivity index (χ4n) is 1.71.